The van der Waals surface area contributed by atoms with Gasteiger partial charge in [-0.25, -0.2) is 9.18 Å². The largest absolute Gasteiger partial charge is 0.479 e. The summed E-state index contributed by atoms with van der Waals surface area (Å²) in [7, 11) is 1.48. The first-order valence-corrected chi connectivity index (χ1v) is 2.83. The van der Waals surface area contributed by atoms with E-state index in [0.717, 1.165) is 0 Å². The van der Waals surface area contributed by atoms with Gasteiger partial charge in [0, 0.05) is 7.05 Å². The lowest BCUT2D eigenvalue weighted by atomic mass is 10.4. The number of hydrogen-bond acceptors (Lipinski definition) is 3. The predicted molar refractivity (Wildman–Crippen MR) is 32.5 cm³/mol. The zero-order valence-corrected chi connectivity index (χ0v) is 5.73. The summed E-state index contributed by atoms with van der Waals surface area (Å²) in [5, 5.41) is 14.9. The van der Waals surface area contributed by atoms with Gasteiger partial charge < -0.3 is 9.67 Å². The van der Waals surface area contributed by atoms with Crippen molar-refractivity contribution in [2.75, 3.05) is 0 Å². The summed E-state index contributed by atoms with van der Waals surface area (Å²) >= 11 is 0. The van der Waals surface area contributed by atoms with Crippen LogP contribution in [-0.2, 0) is 11.8 Å². The van der Waals surface area contributed by atoms with Gasteiger partial charge in [-0.05, 0) is 0 Å². The van der Waals surface area contributed by atoms with Crippen molar-refractivity contribution in [3.63, 3.8) is 0 Å². The average Bonchev–Trinajstić information content (AvgIpc) is 2.33. The van der Waals surface area contributed by atoms with Gasteiger partial charge in [0.2, 0.25) is 0 Å². The van der Waals surface area contributed by atoms with Crippen LogP contribution in [0.3, 0.4) is 0 Å². The number of aryl methyl sites for hydroxylation is 1. The van der Waals surface area contributed by atoms with E-state index < -0.39 is 12.1 Å². The molecule has 0 saturated carbocycles. The van der Waals surface area contributed by atoms with Crippen LogP contribution in [0.2, 0.25) is 0 Å². The number of alkyl halides is 1. The Balaban J connectivity index is 2.92. The molecule has 1 aromatic rings. The van der Waals surface area contributed by atoms with Crippen LogP contribution in [0.1, 0.15) is 12.0 Å². The molecule has 0 amide bonds. The molecule has 1 N–H and O–H groups in total. The third kappa shape index (κ3) is 1.34. The van der Waals surface area contributed by atoms with Crippen molar-refractivity contribution in [1.82, 2.24) is 14.8 Å². The summed E-state index contributed by atoms with van der Waals surface area (Å²) in [6.45, 7) is 0. The molecule has 0 spiro atoms. The molecule has 0 saturated heterocycles. The normalized spacial score (nSPS) is 12.9. The van der Waals surface area contributed by atoms with Crippen LogP contribution < -0.4 is 0 Å². The summed E-state index contributed by atoms with van der Waals surface area (Å²) in [6, 6.07) is 0. The molecule has 0 bridgehead atoms. The molecule has 0 aliphatic rings. The van der Waals surface area contributed by atoms with Gasteiger partial charge in [-0.2, -0.15) is 0 Å². The van der Waals surface area contributed by atoms with E-state index in [2.05, 4.69) is 10.2 Å². The first kappa shape index (κ1) is 7.64. The van der Waals surface area contributed by atoms with Gasteiger partial charge in [0.05, 0.1) is 0 Å². The molecule has 1 atom stereocenters. The number of aromatic nitrogens is 3. The van der Waals surface area contributed by atoms with E-state index >= 15 is 0 Å². The van der Waals surface area contributed by atoms with E-state index in [0.29, 0.717) is 0 Å². The molecule has 11 heavy (non-hydrogen) atoms. The Morgan fingerprint density at radius 1 is 1.91 bits per heavy atom. The SMILES string of the molecule is Cn1cnnc1C(F)C(=O)O. The number of carboxylic acids is 1. The van der Waals surface area contributed by atoms with Crippen molar-refractivity contribution in [2.24, 2.45) is 7.05 Å². The van der Waals surface area contributed by atoms with E-state index in [4.69, 9.17) is 5.11 Å². The molecule has 0 fully saturated rings. The second kappa shape index (κ2) is 2.65. The standard InChI is InChI=1S/C5H6FN3O2/c1-9-2-7-8-4(9)3(6)5(10)11/h2-3H,1H3,(H,10,11). The minimum Gasteiger partial charge on any atom is -0.479 e. The first-order chi connectivity index (χ1) is 5.13. The average molecular weight is 159 g/mol. The fourth-order valence-electron chi connectivity index (χ4n) is 0.632. The number of carboxylic acid groups (broad SMARTS) is 1. The molecule has 60 valence electrons. The molecule has 0 aliphatic heterocycles. The zero-order chi connectivity index (χ0) is 8.43. The van der Waals surface area contributed by atoms with Crippen LogP contribution in [0.4, 0.5) is 4.39 Å². The Labute approximate surface area is 61.5 Å². The van der Waals surface area contributed by atoms with Gasteiger partial charge >= 0.3 is 5.97 Å². The summed E-state index contributed by atoms with van der Waals surface area (Å²) in [4.78, 5) is 10.1. The van der Waals surface area contributed by atoms with E-state index in [-0.39, 0.29) is 5.82 Å². The molecule has 1 unspecified atom stereocenters. The number of aliphatic carboxylic acids is 1. The third-order valence-corrected chi connectivity index (χ3v) is 1.19. The van der Waals surface area contributed by atoms with Crippen LogP contribution in [0.25, 0.3) is 0 Å². The van der Waals surface area contributed by atoms with Crippen molar-refractivity contribution in [3.05, 3.63) is 12.2 Å². The Hall–Kier alpha value is -1.46. The van der Waals surface area contributed by atoms with E-state index in [1.807, 2.05) is 0 Å². The highest BCUT2D eigenvalue weighted by Crippen LogP contribution is 2.12. The molecule has 0 radical (unpaired) electrons. The lowest BCUT2D eigenvalue weighted by Gasteiger charge is -1.99. The van der Waals surface area contributed by atoms with Gasteiger partial charge in [0.1, 0.15) is 6.33 Å². The van der Waals surface area contributed by atoms with E-state index in [1.165, 1.54) is 17.9 Å². The second-order valence-corrected chi connectivity index (χ2v) is 2.00. The summed E-state index contributed by atoms with van der Waals surface area (Å²) in [5.41, 5.74) is 0. The van der Waals surface area contributed by atoms with E-state index in [1.54, 1.807) is 0 Å². The fourth-order valence-corrected chi connectivity index (χ4v) is 0.632. The summed E-state index contributed by atoms with van der Waals surface area (Å²) in [5.74, 6) is -1.75. The van der Waals surface area contributed by atoms with Crippen LogP contribution in [-0.4, -0.2) is 25.8 Å². The van der Waals surface area contributed by atoms with Crippen LogP contribution in [0.15, 0.2) is 6.33 Å². The lowest BCUT2D eigenvalue weighted by molar-refractivity contribution is -0.143. The second-order valence-electron chi connectivity index (χ2n) is 2.00. The molecule has 6 heteroatoms. The molecule has 1 heterocycles. The molecule has 1 aromatic heterocycles. The zero-order valence-electron chi connectivity index (χ0n) is 5.73. The number of nitrogens with zero attached hydrogens (tertiary/aromatic N) is 3. The predicted octanol–water partition coefficient (Wildman–Crippen LogP) is -0.0897. The quantitative estimate of drug-likeness (QED) is 0.654. The Kier molecular flexibility index (Phi) is 1.84. The molecular weight excluding hydrogens is 153 g/mol. The lowest BCUT2D eigenvalue weighted by Crippen LogP contribution is -2.11. The topological polar surface area (TPSA) is 68.0 Å². The molecule has 1 rings (SSSR count). The Morgan fingerprint density at radius 3 is 2.91 bits per heavy atom. The maximum Gasteiger partial charge on any atom is 0.346 e. The van der Waals surface area contributed by atoms with Gasteiger partial charge in [-0.1, -0.05) is 0 Å². The van der Waals surface area contributed by atoms with Gasteiger partial charge in [0.25, 0.3) is 6.17 Å². The molecule has 0 aromatic carbocycles. The molecular formula is C5H6FN3O2. The number of hydrogen-bond donors (Lipinski definition) is 1. The van der Waals surface area contributed by atoms with Crippen LogP contribution in [0.5, 0.6) is 0 Å². The van der Waals surface area contributed by atoms with Crippen molar-refractivity contribution < 1.29 is 14.3 Å². The molecule has 5 nitrogen and oxygen atoms in total. The van der Waals surface area contributed by atoms with Crippen molar-refractivity contribution >= 4 is 5.97 Å². The number of carbonyl (C=O) groups is 1. The minimum atomic E-state index is -2.09. The first-order valence-electron chi connectivity index (χ1n) is 2.83. The van der Waals surface area contributed by atoms with Gasteiger partial charge in [-0.15, -0.1) is 10.2 Å². The summed E-state index contributed by atoms with van der Waals surface area (Å²) < 4.78 is 13.9. The smallest absolute Gasteiger partial charge is 0.346 e. The number of halogens is 1. The highest BCUT2D eigenvalue weighted by atomic mass is 19.1. The van der Waals surface area contributed by atoms with Crippen molar-refractivity contribution in [1.29, 1.82) is 0 Å². The van der Waals surface area contributed by atoms with Crippen molar-refractivity contribution in [3.8, 4) is 0 Å². The van der Waals surface area contributed by atoms with Gasteiger partial charge in [-0.3, -0.25) is 0 Å². The van der Waals surface area contributed by atoms with Crippen LogP contribution >= 0.6 is 0 Å². The Bertz CT molecular complexity index is 272. The fraction of sp³-hybridized carbons (Fsp3) is 0.400. The molecule has 0 aliphatic carbocycles. The maximum atomic E-state index is 12.6. The van der Waals surface area contributed by atoms with E-state index in [9.17, 15) is 9.18 Å². The highest BCUT2D eigenvalue weighted by Gasteiger charge is 2.22. The van der Waals surface area contributed by atoms with Gasteiger partial charge in [0.15, 0.2) is 5.82 Å². The number of rotatable bonds is 2. The summed E-state index contributed by atoms with van der Waals surface area (Å²) in [6.07, 6.45) is -0.854. The van der Waals surface area contributed by atoms with Crippen LogP contribution in [0, 0.1) is 0 Å². The monoisotopic (exact) mass is 159 g/mol. The third-order valence-electron chi connectivity index (χ3n) is 1.19. The van der Waals surface area contributed by atoms with Crippen molar-refractivity contribution in [2.45, 2.75) is 6.17 Å². The highest BCUT2D eigenvalue weighted by molar-refractivity contribution is 5.72. The maximum absolute atomic E-state index is 12.6. The minimum absolute atomic E-state index is 0.197. The Morgan fingerprint density at radius 2 is 2.55 bits per heavy atom.